The summed E-state index contributed by atoms with van der Waals surface area (Å²) in [5, 5.41) is 15.3. The van der Waals surface area contributed by atoms with Crippen molar-refractivity contribution in [3.8, 4) is 5.75 Å². The molecular weight excluding hydrogens is 616 g/mol. The first-order chi connectivity index (χ1) is 22.2. The molecule has 5 rings (SSSR count). The largest absolute Gasteiger partial charge is 0.483 e. The van der Waals surface area contributed by atoms with E-state index in [1.165, 1.54) is 27.2 Å². The minimum Gasteiger partial charge on any atom is -0.483 e. The van der Waals surface area contributed by atoms with Gasteiger partial charge in [0.05, 0.1) is 18.2 Å². The van der Waals surface area contributed by atoms with E-state index in [-0.39, 0.29) is 75.6 Å². The summed E-state index contributed by atoms with van der Waals surface area (Å²) in [6.45, 7) is 3.19. The van der Waals surface area contributed by atoms with Gasteiger partial charge in [0, 0.05) is 62.2 Å². The maximum Gasteiger partial charge on any atom is 0.409 e. The van der Waals surface area contributed by atoms with Crippen LogP contribution in [0, 0.1) is 0 Å². The van der Waals surface area contributed by atoms with Crippen LogP contribution in [0.5, 0.6) is 5.75 Å². The summed E-state index contributed by atoms with van der Waals surface area (Å²) in [6, 6.07) is 7.20. The van der Waals surface area contributed by atoms with Gasteiger partial charge in [0.25, 0.3) is 11.8 Å². The number of hydrogen-bond donors (Lipinski definition) is 2. The van der Waals surface area contributed by atoms with Gasteiger partial charge in [0.2, 0.25) is 5.91 Å². The molecule has 2 aliphatic rings. The highest BCUT2D eigenvalue weighted by molar-refractivity contribution is 7.09. The summed E-state index contributed by atoms with van der Waals surface area (Å²) in [5.74, 6) is -2.19. The first-order valence-electron chi connectivity index (χ1n) is 15.2. The molecule has 1 aromatic carbocycles. The molecule has 2 N–H and O–H groups in total. The maximum absolute atomic E-state index is 13.5. The topological polar surface area (TPSA) is 172 Å². The van der Waals surface area contributed by atoms with Crippen molar-refractivity contribution in [2.75, 3.05) is 45.9 Å². The van der Waals surface area contributed by atoms with Gasteiger partial charge < -0.3 is 34.6 Å². The third-order valence-corrected chi connectivity index (χ3v) is 8.82. The van der Waals surface area contributed by atoms with E-state index in [0.717, 1.165) is 17.8 Å². The Morgan fingerprint density at radius 1 is 1.09 bits per heavy atom. The Labute approximate surface area is 269 Å². The second kappa shape index (κ2) is 15.0. The van der Waals surface area contributed by atoms with Gasteiger partial charge in [0.15, 0.2) is 6.61 Å². The Kier molecular flexibility index (Phi) is 10.6. The molecule has 0 aliphatic carbocycles. The van der Waals surface area contributed by atoms with E-state index in [9.17, 15) is 29.1 Å². The Morgan fingerprint density at radius 3 is 2.57 bits per heavy atom. The molecule has 14 nitrogen and oxygen atoms in total. The van der Waals surface area contributed by atoms with Crippen LogP contribution in [-0.4, -0.2) is 112 Å². The molecule has 244 valence electrons. The van der Waals surface area contributed by atoms with Crippen LogP contribution in [0.3, 0.4) is 0 Å². The van der Waals surface area contributed by atoms with Crippen molar-refractivity contribution < 1.29 is 38.6 Å². The summed E-state index contributed by atoms with van der Waals surface area (Å²) in [7, 11) is 0. The number of hydrogen-bond acceptors (Lipinski definition) is 10. The van der Waals surface area contributed by atoms with E-state index in [1.807, 2.05) is 5.38 Å². The van der Waals surface area contributed by atoms with Crippen molar-refractivity contribution in [2.24, 2.45) is 0 Å². The van der Waals surface area contributed by atoms with Crippen LogP contribution < -0.4 is 10.1 Å². The number of benzene rings is 1. The van der Waals surface area contributed by atoms with Gasteiger partial charge in [-0.05, 0) is 38.3 Å². The number of aliphatic carboxylic acids is 1. The number of fused-ring (bicyclic) bond motifs is 1. The lowest BCUT2D eigenvalue weighted by atomic mass is 10.1. The molecule has 2 saturated heterocycles. The molecule has 4 heterocycles. The van der Waals surface area contributed by atoms with Crippen molar-refractivity contribution in [2.45, 2.75) is 44.7 Å². The molecule has 3 aromatic rings. The number of nitrogens with zero attached hydrogens (tertiary/aromatic N) is 5. The van der Waals surface area contributed by atoms with Crippen LogP contribution in [0.1, 0.15) is 54.1 Å². The van der Waals surface area contributed by atoms with Gasteiger partial charge in [0.1, 0.15) is 22.5 Å². The molecule has 2 atom stereocenters. The minimum atomic E-state index is -1.14. The second-order valence-electron chi connectivity index (χ2n) is 10.9. The fourth-order valence-corrected chi connectivity index (χ4v) is 6.41. The van der Waals surface area contributed by atoms with Gasteiger partial charge in [-0.3, -0.25) is 19.2 Å². The zero-order valence-corrected chi connectivity index (χ0v) is 26.2. The Hall–Kier alpha value is -4.79. The van der Waals surface area contributed by atoms with Crippen LogP contribution in [0.4, 0.5) is 4.79 Å². The molecule has 2 fully saturated rings. The molecule has 0 saturated carbocycles. The van der Waals surface area contributed by atoms with Crippen LogP contribution in [0.15, 0.2) is 41.9 Å². The molecule has 0 radical (unpaired) electrons. The third-order valence-electron chi connectivity index (χ3n) is 7.94. The number of amides is 4. The number of thiazole rings is 1. The van der Waals surface area contributed by atoms with E-state index < -0.39 is 29.9 Å². The number of rotatable bonds is 11. The van der Waals surface area contributed by atoms with E-state index in [0.29, 0.717) is 17.4 Å². The van der Waals surface area contributed by atoms with E-state index >= 15 is 0 Å². The second-order valence-corrected chi connectivity index (χ2v) is 11.8. The predicted molar refractivity (Wildman–Crippen MR) is 166 cm³/mol. The SMILES string of the molecule is CCOC(=O)N1CCN(C(=O)C(CCC(=O)O)NC(=O)c2cc(OCC(=O)N3CCC[C@H]3c3nccs3)c3ccccc3n2)CC1. The maximum atomic E-state index is 13.5. The molecule has 15 heteroatoms. The number of ether oxygens (including phenoxy) is 2. The highest BCUT2D eigenvalue weighted by Gasteiger charge is 2.33. The van der Waals surface area contributed by atoms with Crippen LogP contribution in [0.25, 0.3) is 10.9 Å². The molecule has 2 aromatic heterocycles. The van der Waals surface area contributed by atoms with Gasteiger partial charge >= 0.3 is 12.1 Å². The Morgan fingerprint density at radius 2 is 1.85 bits per heavy atom. The Balaban J connectivity index is 1.29. The number of para-hydroxylation sites is 1. The van der Waals surface area contributed by atoms with Crippen molar-refractivity contribution in [1.82, 2.24) is 30.0 Å². The number of carboxylic acids is 1. The molecule has 4 amide bonds. The smallest absolute Gasteiger partial charge is 0.409 e. The van der Waals surface area contributed by atoms with E-state index in [4.69, 9.17) is 9.47 Å². The van der Waals surface area contributed by atoms with Crippen molar-refractivity contribution in [1.29, 1.82) is 0 Å². The lowest BCUT2D eigenvalue weighted by Crippen LogP contribution is -2.56. The zero-order chi connectivity index (χ0) is 32.6. The lowest BCUT2D eigenvalue weighted by Gasteiger charge is -2.35. The quantitative estimate of drug-likeness (QED) is 0.314. The average molecular weight is 653 g/mol. The van der Waals surface area contributed by atoms with E-state index in [1.54, 1.807) is 42.3 Å². The van der Waals surface area contributed by atoms with Gasteiger partial charge in [-0.25, -0.2) is 14.8 Å². The summed E-state index contributed by atoms with van der Waals surface area (Å²) < 4.78 is 11.0. The standard InChI is InChI=1S/C31H36N6O8S/c1-2-44-31(43)36-15-13-35(14-16-36)30(42)22(9-10-27(39)40)34-28(41)23-18-25(20-6-3-4-7-21(20)33-23)45-19-26(38)37-12-5-8-24(37)29-32-11-17-46-29/h3-4,6-7,11,17-18,22,24H,2,5,8-10,12-16,19H2,1H3,(H,34,41)(H,39,40)/t22?,24-/m0/s1. The number of nitrogens with one attached hydrogen (secondary N) is 1. The predicted octanol–water partition coefficient (Wildman–Crippen LogP) is 2.70. The summed E-state index contributed by atoms with van der Waals surface area (Å²) in [4.78, 5) is 77.2. The van der Waals surface area contributed by atoms with Crippen LogP contribution in [0.2, 0.25) is 0 Å². The number of likely N-dealkylation sites (tertiary alicyclic amines) is 1. The fraction of sp³-hybridized carbons (Fsp3) is 0.452. The molecule has 1 unspecified atom stereocenters. The van der Waals surface area contributed by atoms with Crippen molar-refractivity contribution in [3.63, 3.8) is 0 Å². The van der Waals surface area contributed by atoms with E-state index in [2.05, 4.69) is 15.3 Å². The number of piperazine rings is 1. The zero-order valence-electron chi connectivity index (χ0n) is 25.4. The molecule has 2 aliphatic heterocycles. The summed E-state index contributed by atoms with van der Waals surface area (Å²) in [6.07, 6.45) is 2.46. The first kappa shape index (κ1) is 32.6. The number of carboxylic acid groups (broad SMARTS) is 1. The van der Waals surface area contributed by atoms with Gasteiger partial charge in [-0.1, -0.05) is 12.1 Å². The number of pyridine rings is 1. The van der Waals surface area contributed by atoms with Crippen molar-refractivity contribution in [3.05, 3.63) is 52.6 Å². The number of carbonyl (C=O) groups is 5. The number of carbonyl (C=O) groups excluding carboxylic acids is 4. The first-order valence-corrected chi connectivity index (χ1v) is 16.1. The molecule has 46 heavy (non-hydrogen) atoms. The molecular formula is C31H36N6O8S. The Bertz CT molecular complexity index is 1580. The summed E-state index contributed by atoms with van der Waals surface area (Å²) >= 11 is 1.51. The average Bonchev–Trinajstić information content (AvgIpc) is 3.78. The minimum absolute atomic E-state index is 0.0526. The number of aromatic nitrogens is 2. The van der Waals surface area contributed by atoms with Crippen LogP contribution >= 0.6 is 11.3 Å². The third kappa shape index (κ3) is 7.70. The lowest BCUT2D eigenvalue weighted by molar-refractivity contribution is -0.138. The van der Waals surface area contributed by atoms with Crippen molar-refractivity contribution >= 4 is 52.0 Å². The molecule has 0 spiro atoms. The monoisotopic (exact) mass is 652 g/mol. The highest BCUT2D eigenvalue weighted by atomic mass is 32.1. The van der Waals surface area contributed by atoms with Gasteiger partial charge in [-0.2, -0.15) is 0 Å². The highest BCUT2D eigenvalue weighted by Crippen LogP contribution is 2.33. The van der Waals surface area contributed by atoms with Crippen LogP contribution in [-0.2, 0) is 19.1 Å². The fourth-order valence-electron chi connectivity index (χ4n) is 5.62. The normalized spacial score (nSPS) is 17.1. The summed E-state index contributed by atoms with van der Waals surface area (Å²) in [5.41, 5.74) is 0.395. The molecule has 0 bridgehead atoms. The van der Waals surface area contributed by atoms with Gasteiger partial charge in [-0.15, -0.1) is 11.3 Å².